The lowest BCUT2D eigenvalue weighted by Gasteiger charge is -2.09. The molecule has 7 heteroatoms. The third-order valence-corrected chi connectivity index (χ3v) is 3.61. The van der Waals surface area contributed by atoms with Crippen molar-refractivity contribution in [2.75, 3.05) is 11.1 Å². The Morgan fingerprint density at radius 3 is 2.90 bits per heavy atom. The van der Waals surface area contributed by atoms with E-state index in [4.69, 9.17) is 10.2 Å². The number of benzene rings is 1. The molecule has 0 radical (unpaired) electrons. The molecule has 21 heavy (non-hydrogen) atoms. The molecule has 6 nitrogen and oxygen atoms in total. The Hall–Kier alpha value is -1.86. The molecule has 0 aliphatic rings. The molecule has 0 aliphatic carbocycles. The maximum Gasteiger partial charge on any atom is 0.277 e. The van der Waals surface area contributed by atoms with Gasteiger partial charge in [0, 0.05) is 5.69 Å². The van der Waals surface area contributed by atoms with Crippen molar-refractivity contribution in [1.29, 1.82) is 0 Å². The molecule has 3 N–H and O–H groups in total. The number of hydrogen-bond donors (Lipinski definition) is 2. The standard InChI is InChI=1S/C14H18N4O2S/c1-9(2)10-4-3-5-11(6-10)16-12(19)8-21-14-18-17-13(7-15)20-14/h3-6,9H,7-8,15H2,1-2H3,(H,16,19). The third-order valence-electron chi connectivity index (χ3n) is 2.79. The second kappa shape index (κ2) is 7.24. The summed E-state index contributed by atoms with van der Waals surface area (Å²) in [5, 5.41) is 10.7. The zero-order chi connectivity index (χ0) is 15.2. The van der Waals surface area contributed by atoms with Crippen molar-refractivity contribution in [2.24, 2.45) is 5.73 Å². The van der Waals surface area contributed by atoms with Gasteiger partial charge in [-0.1, -0.05) is 37.7 Å². The molecule has 0 saturated carbocycles. The van der Waals surface area contributed by atoms with Crippen molar-refractivity contribution in [2.45, 2.75) is 31.5 Å². The van der Waals surface area contributed by atoms with E-state index in [0.29, 0.717) is 17.0 Å². The normalized spacial score (nSPS) is 10.9. The van der Waals surface area contributed by atoms with Crippen molar-refractivity contribution in [1.82, 2.24) is 10.2 Å². The molecule has 1 aromatic carbocycles. The Morgan fingerprint density at radius 1 is 1.43 bits per heavy atom. The number of nitrogens with two attached hydrogens (primary N) is 1. The van der Waals surface area contributed by atoms with E-state index in [1.54, 1.807) is 0 Å². The summed E-state index contributed by atoms with van der Waals surface area (Å²) in [6.45, 7) is 4.42. The number of nitrogens with zero attached hydrogens (tertiary/aromatic N) is 2. The van der Waals surface area contributed by atoms with Gasteiger partial charge in [0.2, 0.25) is 11.8 Å². The second-order valence-corrected chi connectivity index (χ2v) is 5.71. The van der Waals surface area contributed by atoms with Crippen LogP contribution >= 0.6 is 11.8 Å². The van der Waals surface area contributed by atoms with Crippen LogP contribution in [0.4, 0.5) is 5.69 Å². The van der Waals surface area contributed by atoms with Crippen LogP contribution in [0.2, 0.25) is 0 Å². The molecular formula is C14H18N4O2S. The minimum atomic E-state index is -0.117. The summed E-state index contributed by atoms with van der Waals surface area (Å²) in [5.41, 5.74) is 7.35. The summed E-state index contributed by atoms with van der Waals surface area (Å²) in [7, 11) is 0. The van der Waals surface area contributed by atoms with Gasteiger partial charge in [-0.15, -0.1) is 10.2 Å². The van der Waals surface area contributed by atoms with Crippen molar-refractivity contribution in [3.8, 4) is 0 Å². The zero-order valence-electron chi connectivity index (χ0n) is 12.0. The molecule has 0 unspecified atom stereocenters. The fraction of sp³-hybridized carbons (Fsp3) is 0.357. The maximum atomic E-state index is 11.9. The van der Waals surface area contributed by atoms with Crippen LogP contribution in [-0.4, -0.2) is 21.9 Å². The van der Waals surface area contributed by atoms with Gasteiger partial charge in [-0.2, -0.15) is 0 Å². The lowest BCUT2D eigenvalue weighted by Crippen LogP contribution is -2.14. The zero-order valence-corrected chi connectivity index (χ0v) is 12.8. The summed E-state index contributed by atoms with van der Waals surface area (Å²) in [6, 6.07) is 7.83. The van der Waals surface area contributed by atoms with Gasteiger partial charge in [0.1, 0.15) is 0 Å². The van der Waals surface area contributed by atoms with Crippen molar-refractivity contribution < 1.29 is 9.21 Å². The molecule has 1 aromatic heterocycles. The van der Waals surface area contributed by atoms with Gasteiger partial charge in [-0.05, 0) is 23.6 Å². The van der Waals surface area contributed by atoms with Gasteiger partial charge in [0.25, 0.3) is 5.22 Å². The van der Waals surface area contributed by atoms with E-state index < -0.39 is 0 Å². The van der Waals surface area contributed by atoms with Gasteiger partial charge in [-0.3, -0.25) is 4.79 Å². The van der Waals surface area contributed by atoms with Crippen molar-refractivity contribution in [3.63, 3.8) is 0 Å². The molecular weight excluding hydrogens is 288 g/mol. The molecule has 0 aliphatic heterocycles. The number of aromatic nitrogens is 2. The fourth-order valence-corrected chi connectivity index (χ4v) is 2.26. The minimum absolute atomic E-state index is 0.117. The highest BCUT2D eigenvalue weighted by Gasteiger charge is 2.09. The Labute approximate surface area is 127 Å². The van der Waals surface area contributed by atoms with Crippen LogP contribution in [0.25, 0.3) is 0 Å². The Balaban J connectivity index is 1.88. The lowest BCUT2D eigenvalue weighted by atomic mass is 10.0. The molecule has 0 saturated heterocycles. The smallest absolute Gasteiger partial charge is 0.277 e. The van der Waals surface area contributed by atoms with E-state index in [1.165, 1.54) is 17.3 Å². The SMILES string of the molecule is CC(C)c1cccc(NC(=O)CSc2nnc(CN)o2)c1. The maximum absolute atomic E-state index is 11.9. The lowest BCUT2D eigenvalue weighted by molar-refractivity contribution is -0.113. The molecule has 2 rings (SSSR count). The van der Waals surface area contributed by atoms with Crippen LogP contribution in [0.3, 0.4) is 0 Å². The molecule has 0 bridgehead atoms. The summed E-state index contributed by atoms with van der Waals surface area (Å²) < 4.78 is 5.22. The number of nitrogens with one attached hydrogen (secondary N) is 1. The summed E-state index contributed by atoms with van der Waals surface area (Å²) in [5.74, 6) is 0.873. The number of carbonyl (C=O) groups is 1. The van der Waals surface area contributed by atoms with Gasteiger partial charge < -0.3 is 15.5 Å². The second-order valence-electron chi connectivity index (χ2n) is 4.78. The van der Waals surface area contributed by atoms with Crippen molar-refractivity contribution in [3.05, 3.63) is 35.7 Å². The predicted octanol–water partition coefficient (Wildman–Crippen LogP) is 2.38. The number of carbonyl (C=O) groups excluding carboxylic acids is 1. The number of anilines is 1. The topological polar surface area (TPSA) is 94.0 Å². The molecule has 2 aromatic rings. The van der Waals surface area contributed by atoms with E-state index in [2.05, 4.69) is 29.4 Å². The van der Waals surface area contributed by atoms with Gasteiger partial charge in [-0.25, -0.2) is 0 Å². The van der Waals surface area contributed by atoms with E-state index in [1.807, 2.05) is 24.3 Å². The number of hydrogen-bond acceptors (Lipinski definition) is 6. The Bertz CT molecular complexity index is 613. The van der Waals surface area contributed by atoms with Crippen LogP contribution in [0.1, 0.15) is 31.2 Å². The first-order valence-electron chi connectivity index (χ1n) is 6.63. The molecule has 0 spiro atoms. The van der Waals surface area contributed by atoms with Crippen LogP contribution < -0.4 is 11.1 Å². The highest BCUT2D eigenvalue weighted by Crippen LogP contribution is 2.20. The quantitative estimate of drug-likeness (QED) is 0.796. The molecule has 1 heterocycles. The summed E-state index contributed by atoms with van der Waals surface area (Å²) in [6.07, 6.45) is 0. The van der Waals surface area contributed by atoms with Crippen LogP contribution in [0, 0.1) is 0 Å². The number of rotatable bonds is 6. The first kappa shape index (κ1) is 15.5. The van der Waals surface area contributed by atoms with E-state index in [-0.39, 0.29) is 18.2 Å². The van der Waals surface area contributed by atoms with Crippen LogP contribution in [-0.2, 0) is 11.3 Å². The monoisotopic (exact) mass is 306 g/mol. The largest absolute Gasteiger partial charge is 0.415 e. The van der Waals surface area contributed by atoms with E-state index >= 15 is 0 Å². The van der Waals surface area contributed by atoms with Gasteiger partial charge in [0.05, 0.1) is 12.3 Å². The third kappa shape index (κ3) is 4.57. The molecule has 1 amide bonds. The van der Waals surface area contributed by atoms with Crippen molar-refractivity contribution >= 4 is 23.4 Å². The first-order chi connectivity index (χ1) is 10.1. The van der Waals surface area contributed by atoms with Crippen LogP contribution in [0.15, 0.2) is 33.9 Å². The minimum Gasteiger partial charge on any atom is -0.415 e. The van der Waals surface area contributed by atoms with E-state index in [9.17, 15) is 4.79 Å². The highest BCUT2D eigenvalue weighted by atomic mass is 32.2. The summed E-state index contributed by atoms with van der Waals surface area (Å²) >= 11 is 1.19. The summed E-state index contributed by atoms with van der Waals surface area (Å²) in [4.78, 5) is 11.9. The first-order valence-corrected chi connectivity index (χ1v) is 7.62. The van der Waals surface area contributed by atoms with Gasteiger partial charge >= 0.3 is 0 Å². The van der Waals surface area contributed by atoms with E-state index in [0.717, 1.165) is 5.69 Å². The Morgan fingerprint density at radius 2 is 2.24 bits per heavy atom. The average Bonchev–Trinajstić information content (AvgIpc) is 2.93. The number of thioether (sulfide) groups is 1. The van der Waals surface area contributed by atoms with Gasteiger partial charge in [0.15, 0.2) is 0 Å². The molecule has 0 atom stereocenters. The average molecular weight is 306 g/mol. The fourth-order valence-electron chi connectivity index (χ4n) is 1.68. The predicted molar refractivity (Wildman–Crippen MR) is 82.1 cm³/mol. The highest BCUT2D eigenvalue weighted by molar-refractivity contribution is 7.99. The molecule has 112 valence electrons. The number of amides is 1. The Kier molecular flexibility index (Phi) is 5.35. The molecule has 0 fully saturated rings. The van der Waals surface area contributed by atoms with Crippen LogP contribution in [0.5, 0.6) is 0 Å².